The number of hydrogen-bond acceptors (Lipinski definition) is 3. The number of unbranched alkanes of at least 4 members (excludes halogenated alkanes) is 4. The zero-order valence-electron chi connectivity index (χ0n) is 13.2. The quantitative estimate of drug-likeness (QED) is 0.723. The van der Waals surface area contributed by atoms with Crippen molar-refractivity contribution < 1.29 is 9.84 Å². The van der Waals surface area contributed by atoms with Crippen LogP contribution in [0.25, 0.3) is 0 Å². The minimum atomic E-state index is -0.377. The minimum absolute atomic E-state index is 0.320. The van der Waals surface area contributed by atoms with E-state index in [1.165, 1.54) is 31.2 Å². The molecule has 0 aliphatic carbocycles. The Bertz CT molecular complexity index is 435. The van der Waals surface area contributed by atoms with Crippen LogP contribution in [0.3, 0.4) is 0 Å². The summed E-state index contributed by atoms with van der Waals surface area (Å²) >= 11 is 0. The van der Waals surface area contributed by atoms with Gasteiger partial charge in [-0.3, -0.25) is 0 Å². The van der Waals surface area contributed by atoms with Crippen molar-refractivity contribution in [2.45, 2.75) is 58.0 Å². The highest BCUT2D eigenvalue weighted by Crippen LogP contribution is 2.37. The van der Waals surface area contributed by atoms with E-state index < -0.39 is 0 Å². The average Bonchev–Trinajstić information content (AvgIpc) is 2.54. The van der Waals surface area contributed by atoms with Crippen LogP contribution in [0.15, 0.2) is 24.3 Å². The Morgan fingerprint density at radius 2 is 2.00 bits per heavy atom. The second-order valence-electron chi connectivity index (χ2n) is 6.36. The molecule has 0 radical (unpaired) electrons. The van der Waals surface area contributed by atoms with Crippen molar-refractivity contribution >= 4 is 0 Å². The van der Waals surface area contributed by atoms with Crippen molar-refractivity contribution in [2.24, 2.45) is 11.1 Å². The van der Waals surface area contributed by atoms with Crippen LogP contribution in [0.2, 0.25) is 0 Å². The molecule has 1 aliphatic heterocycles. The molecular formula is C18H29NO2. The van der Waals surface area contributed by atoms with Gasteiger partial charge in [0.05, 0.1) is 12.7 Å². The molecule has 0 fully saturated rings. The average molecular weight is 291 g/mol. The predicted octanol–water partition coefficient (Wildman–Crippen LogP) is 3.29. The van der Waals surface area contributed by atoms with Crippen molar-refractivity contribution in [3.63, 3.8) is 0 Å². The van der Waals surface area contributed by atoms with Gasteiger partial charge in [-0.25, -0.2) is 0 Å². The molecule has 3 heteroatoms. The first-order chi connectivity index (χ1) is 10.2. The van der Waals surface area contributed by atoms with E-state index in [9.17, 15) is 5.11 Å². The predicted molar refractivity (Wildman–Crippen MR) is 86.5 cm³/mol. The van der Waals surface area contributed by atoms with E-state index in [4.69, 9.17) is 10.5 Å². The molecule has 0 spiro atoms. The summed E-state index contributed by atoms with van der Waals surface area (Å²) in [6.07, 6.45) is 7.33. The lowest BCUT2D eigenvalue weighted by molar-refractivity contribution is -0.0200. The van der Waals surface area contributed by atoms with Gasteiger partial charge in [-0.05, 0) is 24.5 Å². The summed E-state index contributed by atoms with van der Waals surface area (Å²) in [7, 11) is 0. The van der Waals surface area contributed by atoms with Gasteiger partial charge in [0.25, 0.3) is 0 Å². The van der Waals surface area contributed by atoms with Crippen LogP contribution in [-0.2, 0) is 6.42 Å². The molecule has 2 rings (SSSR count). The molecule has 0 bridgehead atoms. The monoisotopic (exact) mass is 291 g/mol. The van der Waals surface area contributed by atoms with Gasteiger partial charge in [0, 0.05) is 12.0 Å². The molecule has 0 aromatic heterocycles. The van der Waals surface area contributed by atoms with E-state index >= 15 is 0 Å². The molecule has 3 nitrogen and oxygen atoms in total. The lowest BCUT2D eigenvalue weighted by Gasteiger charge is -2.40. The number of nitrogens with two attached hydrogens (primary N) is 1. The maximum Gasteiger partial charge on any atom is 0.122 e. The second-order valence-corrected chi connectivity index (χ2v) is 6.36. The van der Waals surface area contributed by atoms with E-state index in [2.05, 4.69) is 13.0 Å². The fraction of sp³-hybridized carbons (Fsp3) is 0.667. The minimum Gasteiger partial charge on any atom is -0.493 e. The number of rotatable bonds is 8. The Balaban J connectivity index is 1.92. The molecule has 2 unspecified atom stereocenters. The van der Waals surface area contributed by atoms with Gasteiger partial charge in [-0.15, -0.1) is 0 Å². The Kier molecular flexibility index (Phi) is 6.07. The second kappa shape index (κ2) is 7.81. The standard InChI is InChI=1S/C18H29NO2/c1-2-3-4-5-6-11-17(20)18(13-19)12-15-9-7-8-10-16(15)21-14-18/h7-10,17,20H,2-6,11-14,19H2,1H3. The summed E-state index contributed by atoms with van der Waals surface area (Å²) in [5.41, 5.74) is 6.85. The third-order valence-corrected chi connectivity index (χ3v) is 4.72. The molecule has 0 amide bonds. The highest BCUT2D eigenvalue weighted by Gasteiger charge is 2.40. The van der Waals surface area contributed by atoms with E-state index in [1.54, 1.807) is 0 Å². The molecule has 2 atom stereocenters. The molecule has 1 aromatic carbocycles. The Morgan fingerprint density at radius 1 is 1.24 bits per heavy atom. The van der Waals surface area contributed by atoms with Crippen LogP contribution in [0, 0.1) is 5.41 Å². The fourth-order valence-corrected chi connectivity index (χ4v) is 3.17. The fourth-order valence-electron chi connectivity index (χ4n) is 3.17. The van der Waals surface area contributed by atoms with Gasteiger partial charge >= 0.3 is 0 Å². The van der Waals surface area contributed by atoms with Crippen LogP contribution in [0.1, 0.15) is 51.0 Å². The van der Waals surface area contributed by atoms with Crippen molar-refractivity contribution in [3.05, 3.63) is 29.8 Å². The highest BCUT2D eigenvalue weighted by molar-refractivity contribution is 5.36. The number of hydrogen-bond donors (Lipinski definition) is 2. The topological polar surface area (TPSA) is 55.5 Å². The summed E-state index contributed by atoms with van der Waals surface area (Å²) in [4.78, 5) is 0. The van der Waals surface area contributed by atoms with Crippen LogP contribution in [0.5, 0.6) is 5.75 Å². The van der Waals surface area contributed by atoms with Crippen LogP contribution in [-0.4, -0.2) is 24.4 Å². The van der Waals surface area contributed by atoms with Crippen molar-refractivity contribution in [1.29, 1.82) is 0 Å². The molecule has 1 heterocycles. The third kappa shape index (κ3) is 3.98. The van der Waals surface area contributed by atoms with E-state index in [0.29, 0.717) is 13.2 Å². The summed E-state index contributed by atoms with van der Waals surface area (Å²) in [5.74, 6) is 0.941. The smallest absolute Gasteiger partial charge is 0.122 e. The summed E-state index contributed by atoms with van der Waals surface area (Å²) < 4.78 is 5.86. The van der Waals surface area contributed by atoms with Crippen molar-refractivity contribution in [2.75, 3.05) is 13.2 Å². The first kappa shape index (κ1) is 16.3. The molecule has 3 N–H and O–H groups in total. The number of fused-ring (bicyclic) bond motifs is 1. The van der Waals surface area contributed by atoms with Gasteiger partial charge < -0.3 is 15.6 Å². The number of benzene rings is 1. The largest absolute Gasteiger partial charge is 0.493 e. The zero-order chi connectivity index (χ0) is 15.1. The lowest BCUT2D eigenvalue weighted by atomic mass is 9.74. The molecule has 1 aliphatic rings. The van der Waals surface area contributed by atoms with Crippen LogP contribution >= 0.6 is 0 Å². The van der Waals surface area contributed by atoms with E-state index in [-0.39, 0.29) is 11.5 Å². The van der Waals surface area contributed by atoms with Gasteiger partial charge in [-0.1, -0.05) is 57.2 Å². The lowest BCUT2D eigenvalue weighted by Crippen LogP contribution is -2.50. The van der Waals surface area contributed by atoms with Gasteiger partial charge in [0.1, 0.15) is 5.75 Å². The van der Waals surface area contributed by atoms with Crippen molar-refractivity contribution in [1.82, 2.24) is 0 Å². The van der Waals surface area contributed by atoms with E-state index in [1.807, 2.05) is 18.2 Å². The number of para-hydroxylation sites is 1. The number of ether oxygens (including phenoxy) is 1. The van der Waals surface area contributed by atoms with Crippen molar-refractivity contribution in [3.8, 4) is 5.75 Å². The van der Waals surface area contributed by atoms with Gasteiger partial charge in [-0.2, -0.15) is 0 Å². The molecular weight excluding hydrogens is 262 g/mol. The summed E-state index contributed by atoms with van der Waals surface area (Å²) in [6.45, 7) is 3.21. The maximum absolute atomic E-state index is 10.6. The molecule has 118 valence electrons. The van der Waals surface area contributed by atoms with Gasteiger partial charge in [0.2, 0.25) is 0 Å². The molecule has 1 aromatic rings. The Hall–Kier alpha value is -1.06. The third-order valence-electron chi connectivity index (χ3n) is 4.72. The van der Waals surface area contributed by atoms with E-state index in [0.717, 1.165) is 25.0 Å². The molecule has 21 heavy (non-hydrogen) atoms. The molecule has 0 saturated heterocycles. The highest BCUT2D eigenvalue weighted by atomic mass is 16.5. The summed E-state index contributed by atoms with van der Waals surface area (Å²) in [5, 5.41) is 10.6. The first-order valence-corrected chi connectivity index (χ1v) is 8.30. The SMILES string of the molecule is CCCCCCCC(O)C1(CN)COc2ccccc2C1. The molecule has 0 saturated carbocycles. The van der Waals surface area contributed by atoms with Crippen LogP contribution < -0.4 is 10.5 Å². The normalized spacial score (nSPS) is 22.4. The Morgan fingerprint density at radius 3 is 2.76 bits per heavy atom. The number of aliphatic hydroxyl groups excluding tert-OH is 1. The number of aliphatic hydroxyl groups is 1. The first-order valence-electron chi connectivity index (χ1n) is 8.30. The summed E-state index contributed by atoms with van der Waals surface area (Å²) in [6, 6.07) is 8.07. The van der Waals surface area contributed by atoms with Gasteiger partial charge in [0.15, 0.2) is 0 Å². The van der Waals surface area contributed by atoms with Crippen LogP contribution in [0.4, 0.5) is 0 Å². The Labute approximate surface area is 128 Å². The zero-order valence-corrected chi connectivity index (χ0v) is 13.2. The maximum atomic E-state index is 10.6.